The Bertz CT molecular complexity index is 1590. The molecule has 4 rings (SSSR count). The monoisotopic (exact) mass is 746 g/mol. The smallest absolute Gasteiger partial charge is 0.407 e. The average Bonchev–Trinajstić information content (AvgIpc) is 3.41. The van der Waals surface area contributed by atoms with Gasteiger partial charge in [-0.3, -0.25) is 9.59 Å². The van der Waals surface area contributed by atoms with Crippen molar-refractivity contribution in [3.8, 4) is 11.1 Å². The Kier molecular flexibility index (Phi) is 14.2. The lowest BCUT2D eigenvalue weighted by molar-refractivity contribution is -0.128. The highest BCUT2D eigenvalue weighted by molar-refractivity contribution is 6.67. The molecule has 0 heterocycles. The first-order valence-corrected chi connectivity index (χ1v) is 17.4. The number of unbranched alkanes of at least 4 members (excludes halogenated alkanes) is 1. The summed E-state index contributed by atoms with van der Waals surface area (Å²) in [6, 6.07) is 20.6. The van der Waals surface area contributed by atoms with E-state index in [1.807, 2.05) is 48.5 Å². The van der Waals surface area contributed by atoms with Crippen molar-refractivity contribution in [1.29, 1.82) is 0 Å². The Balaban J connectivity index is 1.36. The fourth-order valence-electron chi connectivity index (χ4n) is 5.62. The normalized spacial score (nSPS) is 13.4. The third kappa shape index (κ3) is 11.2. The molecule has 5 N–H and O–H groups in total. The Morgan fingerprint density at radius 1 is 0.800 bits per heavy atom. The topological polar surface area (TPSA) is 155 Å². The number of rotatable bonds is 15. The molecule has 3 aromatic carbocycles. The van der Waals surface area contributed by atoms with Crippen LogP contribution in [0.25, 0.3) is 11.1 Å². The molecule has 0 fully saturated rings. The van der Waals surface area contributed by atoms with Crippen molar-refractivity contribution in [3.63, 3.8) is 0 Å². The summed E-state index contributed by atoms with van der Waals surface area (Å²) < 4.78 is 8.78. The highest BCUT2D eigenvalue weighted by atomic mass is 35.6. The first-order chi connectivity index (χ1) is 23.9. The number of carbonyl (C=O) groups is 4. The van der Waals surface area contributed by atoms with E-state index in [1.165, 1.54) is 0 Å². The molecule has 1 aliphatic rings. The Morgan fingerprint density at radius 2 is 1.42 bits per heavy atom. The van der Waals surface area contributed by atoms with Crippen molar-refractivity contribution in [3.05, 3.63) is 89.5 Å². The standard InChI is InChI=1S/C36H41Cl3N4O7/c1-22(2)31(43-35(48)49-20-29-27-11-5-3-9-25(27)26-10-4-6-12-28(26)29)33(46)42-30(32(45)41-24-16-14-23(19-44)15-17-24)13-7-8-18-40-34(47)50-21-36(37,38)39/h3-6,9-12,14-17,22,29-31,44H,7-8,13,18-21H2,1-2H3,(H,40,47)(H,41,45)(H,42,46)(H,43,48)/t30-,31-/m0/s1. The maximum Gasteiger partial charge on any atom is 0.407 e. The van der Waals surface area contributed by atoms with Gasteiger partial charge in [-0.25, -0.2) is 9.59 Å². The van der Waals surface area contributed by atoms with E-state index >= 15 is 0 Å². The lowest BCUT2D eigenvalue weighted by Gasteiger charge is -2.25. The van der Waals surface area contributed by atoms with E-state index in [1.54, 1.807) is 38.1 Å². The van der Waals surface area contributed by atoms with Crippen LogP contribution < -0.4 is 21.3 Å². The van der Waals surface area contributed by atoms with Crippen molar-refractivity contribution in [1.82, 2.24) is 16.0 Å². The van der Waals surface area contributed by atoms with E-state index in [0.29, 0.717) is 24.1 Å². The molecular formula is C36H41Cl3N4O7. The van der Waals surface area contributed by atoms with Gasteiger partial charge >= 0.3 is 12.2 Å². The van der Waals surface area contributed by atoms with E-state index < -0.39 is 46.5 Å². The number of hydrogen-bond acceptors (Lipinski definition) is 7. The van der Waals surface area contributed by atoms with Crippen LogP contribution in [0, 0.1) is 5.92 Å². The number of alkyl halides is 3. The molecule has 0 saturated heterocycles. The molecule has 2 atom stereocenters. The van der Waals surface area contributed by atoms with Crippen LogP contribution in [-0.2, 0) is 25.7 Å². The van der Waals surface area contributed by atoms with Crippen LogP contribution in [0.15, 0.2) is 72.8 Å². The molecule has 0 unspecified atom stereocenters. The van der Waals surface area contributed by atoms with E-state index in [0.717, 1.165) is 22.3 Å². The summed E-state index contributed by atoms with van der Waals surface area (Å²) in [5, 5.41) is 20.1. The van der Waals surface area contributed by atoms with E-state index in [-0.39, 0.29) is 38.0 Å². The molecule has 14 heteroatoms. The van der Waals surface area contributed by atoms with Gasteiger partial charge in [0.25, 0.3) is 0 Å². The highest BCUT2D eigenvalue weighted by Gasteiger charge is 2.32. The largest absolute Gasteiger partial charge is 0.449 e. The number of nitrogens with one attached hydrogen (secondary N) is 4. The number of hydrogen-bond donors (Lipinski definition) is 5. The number of amides is 4. The summed E-state index contributed by atoms with van der Waals surface area (Å²) in [6.07, 6.45) is -0.423. The SMILES string of the molecule is CC(C)[C@H](NC(=O)OCC1c2ccccc2-c2ccccc21)C(=O)N[C@@H](CCCCNC(=O)OCC(Cl)(Cl)Cl)C(=O)Nc1ccc(CO)cc1. The second-order valence-corrected chi connectivity index (χ2v) is 14.7. The molecule has 0 radical (unpaired) electrons. The molecule has 0 saturated carbocycles. The zero-order chi connectivity index (χ0) is 36.3. The van der Waals surface area contributed by atoms with Crippen LogP contribution in [-0.4, -0.2) is 64.7 Å². The van der Waals surface area contributed by atoms with Crippen molar-refractivity contribution < 1.29 is 33.8 Å². The summed E-state index contributed by atoms with van der Waals surface area (Å²) in [5.41, 5.74) is 5.47. The number of anilines is 1. The maximum absolute atomic E-state index is 13.6. The minimum atomic E-state index is -1.73. The van der Waals surface area contributed by atoms with Gasteiger partial charge in [-0.1, -0.05) is 109 Å². The maximum atomic E-state index is 13.6. The number of aliphatic hydroxyl groups is 1. The Hall–Kier alpha value is -4.03. The lowest BCUT2D eigenvalue weighted by Crippen LogP contribution is -2.54. The second kappa shape index (κ2) is 18.3. The summed E-state index contributed by atoms with van der Waals surface area (Å²) in [4.78, 5) is 51.9. The fraction of sp³-hybridized carbons (Fsp3) is 0.389. The zero-order valence-electron chi connectivity index (χ0n) is 27.7. The van der Waals surface area contributed by atoms with Crippen molar-refractivity contribution >= 4 is 64.5 Å². The number of fused-ring (bicyclic) bond motifs is 3. The molecule has 4 amide bonds. The molecule has 50 heavy (non-hydrogen) atoms. The van der Waals surface area contributed by atoms with Gasteiger partial charge in [-0.15, -0.1) is 0 Å². The first kappa shape index (κ1) is 38.8. The number of benzene rings is 3. The van der Waals surface area contributed by atoms with Gasteiger partial charge in [-0.05, 0) is 65.1 Å². The van der Waals surface area contributed by atoms with Crippen molar-refractivity contribution in [2.75, 3.05) is 25.1 Å². The molecule has 0 aromatic heterocycles. The molecule has 268 valence electrons. The van der Waals surface area contributed by atoms with Crippen molar-refractivity contribution in [2.24, 2.45) is 5.92 Å². The van der Waals surface area contributed by atoms with Crippen molar-refractivity contribution in [2.45, 2.75) is 61.5 Å². The molecule has 11 nitrogen and oxygen atoms in total. The fourth-order valence-corrected chi connectivity index (χ4v) is 5.78. The van der Waals surface area contributed by atoms with E-state index in [4.69, 9.17) is 44.3 Å². The average molecular weight is 748 g/mol. The third-order valence-electron chi connectivity index (χ3n) is 8.16. The molecular weight excluding hydrogens is 707 g/mol. The van der Waals surface area contributed by atoms with Crippen LogP contribution in [0.5, 0.6) is 0 Å². The van der Waals surface area contributed by atoms with Crippen LogP contribution in [0.4, 0.5) is 15.3 Å². The Labute approximate surface area is 306 Å². The number of aliphatic hydroxyl groups excluding tert-OH is 1. The van der Waals surface area contributed by atoms with Gasteiger partial charge in [0, 0.05) is 18.2 Å². The predicted octanol–water partition coefficient (Wildman–Crippen LogP) is 6.43. The van der Waals surface area contributed by atoms with E-state index in [9.17, 15) is 24.3 Å². The molecule has 0 bridgehead atoms. The van der Waals surface area contributed by atoms with Gasteiger partial charge in [0.1, 0.15) is 25.3 Å². The first-order valence-electron chi connectivity index (χ1n) is 16.3. The summed E-state index contributed by atoms with van der Waals surface area (Å²) in [5.74, 6) is -1.52. The molecule has 1 aliphatic carbocycles. The molecule has 3 aromatic rings. The Morgan fingerprint density at radius 3 is 2.00 bits per heavy atom. The van der Waals surface area contributed by atoms with Crippen LogP contribution in [0.1, 0.15) is 55.7 Å². The highest BCUT2D eigenvalue weighted by Crippen LogP contribution is 2.44. The predicted molar refractivity (Wildman–Crippen MR) is 193 cm³/mol. The molecule has 0 aliphatic heterocycles. The number of alkyl carbamates (subject to hydrolysis) is 2. The second-order valence-electron chi connectivity index (χ2n) is 12.2. The number of carbonyl (C=O) groups excluding carboxylic acids is 4. The van der Waals surface area contributed by atoms with Gasteiger partial charge in [0.2, 0.25) is 15.6 Å². The summed E-state index contributed by atoms with van der Waals surface area (Å²) in [7, 11) is 0. The summed E-state index contributed by atoms with van der Waals surface area (Å²) >= 11 is 16.8. The quantitative estimate of drug-likeness (QED) is 0.0887. The lowest BCUT2D eigenvalue weighted by atomic mass is 9.98. The summed E-state index contributed by atoms with van der Waals surface area (Å²) in [6.45, 7) is 3.28. The van der Waals surface area contributed by atoms with Crippen LogP contribution in [0.3, 0.4) is 0 Å². The van der Waals surface area contributed by atoms with Gasteiger partial charge in [0.15, 0.2) is 0 Å². The zero-order valence-corrected chi connectivity index (χ0v) is 30.0. The number of ether oxygens (including phenoxy) is 2. The van der Waals surface area contributed by atoms with Crippen LogP contribution >= 0.6 is 34.8 Å². The van der Waals surface area contributed by atoms with E-state index in [2.05, 4.69) is 21.3 Å². The minimum Gasteiger partial charge on any atom is -0.449 e. The van der Waals surface area contributed by atoms with Gasteiger partial charge in [0.05, 0.1) is 6.61 Å². The minimum absolute atomic E-state index is 0.0818. The number of halogens is 3. The van der Waals surface area contributed by atoms with Crippen LogP contribution in [0.2, 0.25) is 0 Å². The van der Waals surface area contributed by atoms with Gasteiger partial charge in [-0.2, -0.15) is 0 Å². The third-order valence-corrected chi connectivity index (χ3v) is 8.49. The molecule has 0 spiro atoms. The van der Waals surface area contributed by atoms with Gasteiger partial charge < -0.3 is 35.8 Å².